The molecule has 0 aliphatic carbocycles. The summed E-state index contributed by atoms with van der Waals surface area (Å²) in [6, 6.07) is 11.2. The lowest BCUT2D eigenvalue weighted by Gasteiger charge is -2.32. The van der Waals surface area contributed by atoms with E-state index in [1.54, 1.807) is 12.1 Å². The number of aryl methyl sites for hydroxylation is 1. The zero-order valence-corrected chi connectivity index (χ0v) is 27.4. The van der Waals surface area contributed by atoms with Crippen LogP contribution in [0.4, 0.5) is 11.4 Å². The minimum absolute atomic E-state index is 0.0634. The topological polar surface area (TPSA) is 139 Å². The van der Waals surface area contributed by atoms with Gasteiger partial charge in [-0.15, -0.1) is 0 Å². The molecule has 0 spiro atoms. The van der Waals surface area contributed by atoms with Crippen LogP contribution in [-0.2, 0) is 26.2 Å². The lowest BCUT2D eigenvalue weighted by molar-refractivity contribution is -0.385. The fourth-order valence-electron chi connectivity index (χ4n) is 4.26. The molecule has 3 aromatic carbocycles. The molecule has 11 nitrogen and oxygen atoms in total. The number of amides is 2. The van der Waals surface area contributed by atoms with Crippen LogP contribution in [0, 0.1) is 17.0 Å². The van der Waals surface area contributed by atoms with Gasteiger partial charge in [0.1, 0.15) is 18.3 Å². The third-order valence-electron chi connectivity index (χ3n) is 6.73. The van der Waals surface area contributed by atoms with Crippen LogP contribution in [-0.4, -0.2) is 56.3 Å². The first kappa shape index (κ1) is 34.9. The van der Waals surface area contributed by atoms with Crippen molar-refractivity contribution < 1.29 is 27.7 Å². The van der Waals surface area contributed by atoms with Gasteiger partial charge in [0.05, 0.1) is 22.6 Å². The lowest BCUT2D eigenvalue weighted by Crippen LogP contribution is -2.51. The monoisotopic (exact) mass is 684 g/mol. The fourth-order valence-corrected chi connectivity index (χ4v) is 6.33. The van der Waals surface area contributed by atoms with E-state index < -0.39 is 49.9 Å². The number of carbonyl (C=O) groups excluding carboxylic acids is 2. The molecule has 0 saturated heterocycles. The average molecular weight is 686 g/mol. The maximum atomic E-state index is 14.2. The van der Waals surface area contributed by atoms with Crippen molar-refractivity contribution in [3.63, 3.8) is 0 Å². The molecule has 1 N–H and O–H groups in total. The molecule has 3 aromatic rings. The van der Waals surface area contributed by atoms with Crippen molar-refractivity contribution in [2.75, 3.05) is 24.5 Å². The number of ether oxygens (including phenoxy) is 1. The van der Waals surface area contributed by atoms with E-state index in [9.17, 15) is 28.1 Å². The molecular formula is C29H31Cl3N4O7S. The summed E-state index contributed by atoms with van der Waals surface area (Å²) in [4.78, 5) is 38.8. The van der Waals surface area contributed by atoms with Gasteiger partial charge in [-0.05, 0) is 62.2 Å². The van der Waals surface area contributed by atoms with E-state index >= 15 is 0 Å². The van der Waals surface area contributed by atoms with Crippen LogP contribution in [0.25, 0.3) is 0 Å². The van der Waals surface area contributed by atoms with Crippen molar-refractivity contribution in [1.29, 1.82) is 0 Å². The number of anilines is 1. The first-order valence-corrected chi connectivity index (χ1v) is 15.9. The van der Waals surface area contributed by atoms with E-state index in [1.807, 2.05) is 6.92 Å². The number of nitrogens with zero attached hydrogens (tertiary/aromatic N) is 3. The summed E-state index contributed by atoms with van der Waals surface area (Å²) < 4.78 is 34.5. The molecule has 44 heavy (non-hydrogen) atoms. The summed E-state index contributed by atoms with van der Waals surface area (Å²) in [5.41, 5.74) is 0.193. The Balaban J connectivity index is 2.17. The second-order valence-electron chi connectivity index (χ2n) is 9.76. The van der Waals surface area contributed by atoms with Gasteiger partial charge in [-0.25, -0.2) is 8.42 Å². The van der Waals surface area contributed by atoms with Crippen molar-refractivity contribution in [3.8, 4) is 5.75 Å². The van der Waals surface area contributed by atoms with Gasteiger partial charge in [0.2, 0.25) is 11.8 Å². The number of hydrogen-bond donors (Lipinski definition) is 1. The summed E-state index contributed by atoms with van der Waals surface area (Å²) in [6.07, 6.45) is 0.651. The number of benzene rings is 3. The molecule has 1 unspecified atom stereocenters. The summed E-state index contributed by atoms with van der Waals surface area (Å²) in [5.74, 6) is -1.18. The van der Waals surface area contributed by atoms with Crippen LogP contribution in [0.1, 0.15) is 31.4 Å². The molecular weight excluding hydrogens is 655 g/mol. The molecule has 3 rings (SSSR count). The zero-order valence-electron chi connectivity index (χ0n) is 24.3. The summed E-state index contributed by atoms with van der Waals surface area (Å²) in [7, 11) is -3.34. The number of methoxy groups -OCH3 is 1. The predicted molar refractivity (Wildman–Crippen MR) is 170 cm³/mol. The molecule has 236 valence electrons. The first-order chi connectivity index (χ1) is 20.7. The Morgan fingerprint density at radius 2 is 1.70 bits per heavy atom. The van der Waals surface area contributed by atoms with Crippen molar-refractivity contribution in [2.45, 2.75) is 44.7 Å². The van der Waals surface area contributed by atoms with Crippen LogP contribution >= 0.6 is 34.8 Å². The molecule has 0 aliphatic heterocycles. The summed E-state index contributed by atoms with van der Waals surface area (Å²) in [5, 5.41) is 15.1. The third-order valence-corrected chi connectivity index (χ3v) is 9.30. The standard InChI is InChI=1S/C29H31Cl3N4O7S/c1-5-12-33-29(38)19(3)34(16-20-7-8-21(30)13-24(20)32)28(37)17-35(26-14-22(31)9-11-27(26)43-4)44(41,42)23-10-6-18(2)25(15-23)36(39)40/h6-11,13-15,19H,5,12,16-17H2,1-4H3,(H,33,38). The number of halogens is 3. The summed E-state index contributed by atoms with van der Waals surface area (Å²) >= 11 is 18.7. The highest BCUT2D eigenvalue weighted by Crippen LogP contribution is 2.36. The smallest absolute Gasteiger partial charge is 0.273 e. The van der Waals surface area contributed by atoms with Gasteiger partial charge in [-0.3, -0.25) is 24.0 Å². The van der Waals surface area contributed by atoms with E-state index in [0.717, 1.165) is 10.4 Å². The van der Waals surface area contributed by atoms with Gasteiger partial charge in [0.25, 0.3) is 15.7 Å². The van der Waals surface area contributed by atoms with E-state index in [4.69, 9.17) is 39.5 Å². The normalized spacial score (nSPS) is 11.9. The number of carbonyl (C=O) groups is 2. The van der Waals surface area contributed by atoms with E-state index in [1.165, 1.54) is 62.3 Å². The Hall–Kier alpha value is -3.58. The molecule has 0 radical (unpaired) electrons. The maximum Gasteiger partial charge on any atom is 0.273 e. The molecule has 0 bridgehead atoms. The summed E-state index contributed by atoms with van der Waals surface area (Å²) in [6.45, 7) is 4.23. The van der Waals surface area contributed by atoms with Crippen molar-refractivity contribution >= 4 is 68.0 Å². The van der Waals surface area contributed by atoms with Gasteiger partial charge in [0.15, 0.2) is 0 Å². The van der Waals surface area contributed by atoms with Gasteiger partial charge in [0, 0.05) is 39.8 Å². The highest BCUT2D eigenvalue weighted by molar-refractivity contribution is 7.92. The number of nitro groups is 1. The number of nitrogens with one attached hydrogen (secondary N) is 1. The van der Waals surface area contributed by atoms with Gasteiger partial charge in [-0.1, -0.05) is 53.9 Å². The van der Waals surface area contributed by atoms with Crippen molar-refractivity contribution in [1.82, 2.24) is 10.2 Å². The van der Waals surface area contributed by atoms with Crippen LogP contribution in [0.3, 0.4) is 0 Å². The van der Waals surface area contributed by atoms with Crippen molar-refractivity contribution in [2.24, 2.45) is 0 Å². The lowest BCUT2D eigenvalue weighted by atomic mass is 10.1. The minimum Gasteiger partial charge on any atom is -0.495 e. The average Bonchev–Trinajstić information content (AvgIpc) is 2.97. The molecule has 0 aromatic heterocycles. The largest absolute Gasteiger partial charge is 0.495 e. The Morgan fingerprint density at radius 1 is 1.05 bits per heavy atom. The third kappa shape index (κ3) is 8.12. The molecule has 1 atom stereocenters. The van der Waals surface area contributed by atoms with Crippen LogP contribution in [0.15, 0.2) is 59.5 Å². The Bertz CT molecular complexity index is 1670. The second kappa shape index (κ2) is 14.9. The molecule has 0 saturated carbocycles. The predicted octanol–water partition coefficient (Wildman–Crippen LogP) is 6.01. The number of nitro benzene ring substituents is 1. The van der Waals surface area contributed by atoms with Crippen molar-refractivity contribution in [3.05, 3.63) is 90.9 Å². The van der Waals surface area contributed by atoms with Gasteiger partial charge >= 0.3 is 0 Å². The molecule has 15 heteroatoms. The number of rotatable bonds is 13. The number of sulfonamides is 1. The van der Waals surface area contributed by atoms with Crippen LogP contribution in [0.5, 0.6) is 5.75 Å². The van der Waals surface area contributed by atoms with Crippen LogP contribution in [0.2, 0.25) is 15.1 Å². The highest BCUT2D eigenvalue weighted by atomic mass is 35.5. The van der Waals surface area contributed by atoms with E-state index in [-0.39, 0.29) is 33.6 Å². The van der Waals surface area contributed by atoms with E-state index in [2.05, 4.69) is 5.32 Å². The molecule has 0 heterocycles. The Labute approximate surface area is 270 Å². The highest BCUT2D eigenvalue weighted by Gasteiger charge is 2.35. The zero-order chi connectivity index (χ0) is 32.8. The Kier molecular flexibility index (Phi) is 11.8. The fraction of sp³-hybridized carbons (Fsp3) is 0.310. The SMILES string of the molecule is CCCNC(=O)C(C)N(Cc1ccc(Cl)cc1Cl)C(=O)CN(c1cc(Cl)ccc1OC)S(=O)(=O)c1ccc(C)c([N+](=O)[O-])c1. The quantitative estimate of drug-likeness (QED) is 0.172. The Morgan fingerprint density at radius 3 is 2.32 bits per heavy atom. The maximum absolute atomic E-state index is 14.2. The molecule has 2 amide bonds. The van der Waals surface area contributed by atoms with Crippen LogP contribution < -0.4 is 14.4 Å². The van der Waals surface area contributed by atoms with Gasteiger partial charge < -0.3 is 15.0 Å². The minimum atomic E-state index is -4.65. The number of hydrogen-bond acceptors (Lipinski definition) is 7. The van der Waals surface area contributed by atoms with Gasteiger partial charge in [-0.2, -0.15) is 0 Å². The molecule has 0 aliphatic rings. The second-order valence-corrected chi connectivity index (χ2v) is 12.9. The van der Waals surface area contributed by atoms with E-state index in [0.29, 0.717) is 23.6 Å². The molecule has 0 fully saturated rings. The first-order valence-electron chi connectivity index (χ1n) is 13.3.